The molecule has 4 nitrogen and oxygen atoms in total. The van der Waals surface area contributed by atoms with E-state index in [9.17, 15) is 10.1 Å². The van der Waals surface area contributed by atoms with E-state index in [1.165, 1.54) is 31.7 Å². The van der Waals surface area contributed by atoms with E-state index in [0.29, 0.717) is 6.54 Å². The van der Waals surface area contributed by atoms with Crippen LogP contribution in [-0.4, -0.2) is 11.5 Å². The highest BCUT2D eigenvalue weighted by atomic mass is 16.6. The van der Waals surface area contributed by atoms with Crippen LogP contribution in [0.1, 0.15) is 31.2 Å². The van der Waals surface area contributed by atoms with Crippen LogP contribution >= 0.6 is 0 Å². The molecule has 0 heterocycles. The molecular weight excluding hydrogens is 216 g/mol. The van der Waals surface area contributed by atoms with Crippen molar-refractivity contribution in [3.63, 3.8) is 0 Å². The molecule has 1 aromatic carbocycles. The van der Waals surface area contributed by atoms with Crippen LogP contribution in [0.5, 0.6) is 0 Å². The molecule has 0 aliphatic heterocycles. The average Bonchev–Trinajstić information content (AvgIpc) is 2.27. The maximum atomic E-state index is 10.6. The van der Waals surface area contributed by atoms with Crippen LogP contribution in [0.4, 0.5) is 5.69 Å². The summed E-state index contributed by atoms with van der Waals surface area (Å²) in [5.74, 6) is 0.910. The predicted octanol–water partition coefficient (Wildman–Crippen LogP) is 2.87. The van der Waals surface area contributed by atoms with Gasteiger partial charge in [0.05, 0.1) is 4.92 Å². The van der Waals surface area contributed by atoms with Crippen LogP contribution in [0, 0.1) is 16.0 Å². The first-order chi connectivity index (χ1) is 8.25. The molecule has 0 amide bonds. The molecule has 0 radical (unpaired) electrons. The summed E-state index contributed by atoms with van der Waals surface area (Å²) in [5.41, 5.74) is 1.15. The number of nitro groups is 1. The van der Waals surface area contributed by atoms with Gasteiger partial charge in [0.1, 0.15) is 0 Å². The Balaban J connectivity index is 1.73. The van der Waals surface area contributed by atoms with Gasteiger partial charge in [-0.3, -0.25) is 10.1 Å². The van der Waals surface area contributed by atoms with Gasteiger partial charge in [-0.25, -0.2) is 0 Å². The second-order valence-corrected chi connectivity index (χ2v) is 4.69. The standard InChI is InChI=1S/C13H18N2O2/c16-15(17)13-6-2-5-12(9-13)10-14-8-7-11-3-1-4-11/h2,5-6,9,11,14H,1,3-4,7-8,10H2. The number of benzene rings is 1. The van der Waals surface area contributed by atoms with Gasteiger partial charge in [-0.05, 0) is 24.4 Å². The minimum absolute atomic E-state index is 0.170. The third-order valence-corrected chi connectivity index (χ3v) is 3.40. The SMILES string of the molecule is O=[N+]([O-])c1cccc(CNCCC2CCC2)c1. The number of hydrogen-bond acceptors (Lipinski definition) is 3. The minimum atomic E-state index is -0.349. The highest BCUT2D eigenvalue weighted by Gasteiger charge is 2.16. The van der Waals surface area contributed by atoms with Crippen molar-refractivity contribution in [1.82, 2.24) is 5.32 Å². The van der Waals surface area contributed by atoms with Crippen LogP contribution in [0.25, 0.3) is 0 Å². The molecule has 4 heteroatoms. The van der Waals surface area contributed by atoms with Crippen LogP contribution in [0.15, 0.2) is 24.3 Å². The molecule has 0 spiro atoms. The second kappa shape index (κ2) is 5.77. The summed E-state index contributed by atoms with van der Waals surface area (Å²) >= 11 is 0. The van der Waals surface area contributed by atoms with Crippen molar-refractivity contribution in [1.29, 1.82) is 0 Å². The zero-order valence-corrected chi connectivity index (χ0v) is 9.89. The van der Waals surface area contributed by atoms with Gasteiger partial charge in [0, 0.05) is 18.7 Å². The molecule has 1 N–H and O–H groups in total. The van der Waals surface area contributed by atoms with E-state index in [0.717, 1.165) is 18.0 Å². The first-order valence-electron chi connectivity index (χ1n) is 6.20. The zero-order chi connectivity index (χ0) is 12.1. The van der Waals surface area contributed by atoms with Gasteiger partial charge in [0.15, 0.2) is 0 Å². The third-order valence-electron chi connectivity index (χ3n) is 3.40. The average molecular weight is 234 g/mol. The second-order valence-electron chi connectivity index (χ2n) is 4.69. The Morgan fingerprint density at radius 1 is 1.41 bits per heavy atom. The topological polar surface area (TPSA) is 55.2 Å². The number of nitrogens with zero attached hydrogens (tertiary/aromatic N) is 1. The lowest BCUT2D eigenvalue weighted by Crippen LogP contribution is -2.21. The molecule has 0 atom stereocenters. The molecule has 0 aromatic heterocycles. The van der Waals surface area contributed by atoms with Crippen molar-refractivity contribution >= 4 is 5.69 Å². The van der Waals surface area contributed by atoms with Gasteiger partial charge < -0.3 is 5.32 Å². The van der Waals surface area contributed by atoms with Gasteiger partial charge in [0.2, 0.25) is 0 Å². The molecule has 1 aromatic rings. The fraction of sp³-hybridized carbons (Fsp3) is 0.538. The summed E-state index contributed by atoms with van der Waals surface area (Å²) in [4.78, 5) is 10.3. The van der Waals surface area contributed by atoms with Gasteiger partial charge in [0.25, 0.3) is 5.69 Å². The summed E-state index contributed by atoms with van der Waals surface area (Å²) in [6, 6.07) is 6.82. The summed E-state index contributed by atoms with van der Waals surface area (Å²) in [6.45, 7) is 1.72. The van der Waals surface area contributed by atoms with Gasteiger partial charge in [-0.1, -0.05) is 31.4 Å². The van der Waals surface area contributed by atoms with E-state index in [-0.39, 0.29) is 10.6 Å². The van der Waals surface area contributed by atoms with Crippen molar-refractivity contribution in [3.8, 4) is 0 Å². The van der Waals surface area contributed by atoms with Crippen molar-refractivity contribution in [2.24, 2.45) is 5.92 Å². The maximum Gasteiger partial charge on any atom is 0.269 e. The lowest BCUT2D eigenvalue weighted by Gasteiger charge is -2.25. The molecule has 1 aliphatic rings. The lowest BCUT2D eigenvalue weighted by atomic mass is 9.83. The van der Waals surface area contributed by atoms with Crippen LogP contribution in [-0.2, 0) is 6.54 Å². The van der Waals surface area contributed by atoms with E-state index < -0.39 is 0 Å². The number of nitrogens with one attached hydrogen (secondary N) is 1. The van der Waals surface area contributed by atoms with Gasteiger partial charge >= 0.3 is 0 Å². The largest absolute Gasteiger partial charge is 0.313 e. The normalized spacial score (nSPS) is 15.5. The Bertz CT molecular complexity index is 389. The summed E-state index contributed by atoms with van der Waals surface area (Å²) < 4.78 is 0. The molecule has 1 saturated carbocycles. The molecule has 1 fully saturated rings. The quantitative estimate of drug-likeness (QED) is 0.468. The monoisotopic (exact) mass is 234 g/mol. The van der Waals surface area contributed by atoms with Crippen molar-refractivity contribution in [2.75, 3.05) is 6.54 Å². The Morgan fingerprint density at radius 2 is 2.24 bits per heavy atom. The molecule has 0 unspecified atom stereocenters. The van der Waals surface area contributed by atoms with Gasteiger partial charge in [-0.2, -0.15) is 0 Å². The van der Waals surface area contributed by atoms with E-state index >= 15 is 0 Å². The highest BCUT2D eigenvalue weighted by molar-refractivity contribution is 5.34. The molecule has 1 aliphatic carbocycles. The zero-order valence-electron chi connectivity index (χ0n) is 9.89. The predicted molar refractivity (Wildman–Crippen MR) is 66.8 cm³/mol. The lowest BCUT2D eigenvalue weighted by molar-refractivity contribution is -0.384. The van der Waals surface area contributed by atoms with Gasteiger partial charge in [-0.15, -0.1) is 0 Å². The number of rotatable bonds is 6. The fourth-order valence-corrected chi connectivity index (χ4v) is 2.10. The molecule has 0 saturated heterocycles. The Morgan fingerprint density at radius 3 is 2.88 bits per heavy atom. The summed E-state index contributed by atoms with van der Waals surface area (Å²) in [7, 11) is 0. The molecule has 17 heavy (non-hydrogen) atoms. The highest BCUT2D eigenvalue weighted by Crippen LogP contribution is 2.28. The smallest absolute Gasteiger partial charge is 0.269 e. The van der Waals surface area contributed by atoms with E-state index in [1.54, 1.807) is 12.1 Å². The van der Waals surface area contributed by atoms with Crippen LogP contribution in [0.3, 0.4) is 0 Å². The Hall–Kier alpha value is -1.42. The van der Waals surface area contributed by atoms with Crippen molar-refractivity contribution in [3.05, 3.63) is 39.9 Å². The fourth-order valence-electron chi connectivity index (χ4n) is 2.10. The Kier molecular flexibility index (Phi) is 4.09. The minimum Gasteiger partial charge on any atom is -0.313 e. The molecule has 92 valence electrons. The number of nitro benzene ring substituents is 1. The molecular formula is C13H18N2O2. The summed E-state index contributed by atoms with van der Waals surface area (Å²) in [5, 5.41) is 13.9. The van der Waals surface area contributed by atoms with Crippen LogP contribution in [0.2, 0.25) is 0 Å². The van der Waals surface area contributed by atoms with Crippen molar-refractivity contribution < 1.29 is 4.92 Å². The molecule has 2 rings (SSSR count). The van der Waals surface area contributed by atoms with E-state index in [2.05, 4.69) is 5.32 Å². The third kappa shape index (κ3) is 3.53. The number of hydrogen-bond donors (Lipinski definition) is 1. The Labute approximate surface area is 101 Å². The first-order valence-corrected chi connectivity index (χ1v) is 6.20. The van der Waals surface area contributed by atoms with Crippen LogP contribution < -0.4 is 5.32 Å². The molecule has 0 bridgehead atoms. The van der Waals surface area contributed by atoms with E-state index in [1.807, 2.05) is 6.07 Å². The maximum absolute atomic E-state index is 10.6. The number of non-ortho nitro benzene ring substituents is 1. The summed E-state index contributed by atoms with van der Waals surface area (Å²) in [6.07, 6.45) is 5.36. The van der Waals surface area contributed by atoms with Crippen molar-refractivity contribution in [2.45, 2.75) is 32.2 Å². The first kappa shape index (κ1) is 12.0. The van der Waals surface area contributed by atoms with E-state index in [4.69, 9.17) is 0 Å².